The van der Waals surface area contributed by atoms with Crippen molar-refractivity contribution in [2.75, 3.05) is 7.11 Å². The first kappa shape index (κ1) is 19.4. The molecular formula is C15H27N2O6P. The Hall–Kier alpha value is -0.950. The smallest absolute Gasteiger partial charge is 0.288 e. The molecule has 0 spiro atoms. The number of rotatable bonds is 7. The van der Waals surface area contributed by atoms with E-state index in [0.29, 0.717) is 0 Å². The lowest BCUT2D eigenvalue weighted by atomic mass is 9.89. The monoisotopic (exact) mass is 362 g/mol. The predicted octanol–water partition coefficient (Wildman–Crippen LogP) is 3.00. The molecule has 0 aromatic rings. The van der Waals surface area contributed by atoms with Crippen LogP contribution >= 0.6 is 7.82 Å². The van der Waals surface area contributed by atoms with Crippen molar-refractivity contribution >= 4 is 19.6 Å². The predicted molar refractivity (Wildman–Crippen MR) is 86.2 cm³/mol. The van der Waals surface area contributed by atoms with E-state index in [1.165, 1.54) is 0 Å². The van der Waals surface area contributed by atoms with Crippen molar-refractivity contribution in [1.82, 2.24) is 11.0 Å². The maximum Gasteiger partial charge on any atom is 0.517 e. The number of hydroxylamine groups is 2. The van der Waals surface area contributed by atoms with Gasteiger partial charge in [0, 0.05) is 18.9 Å². The van der Waals surface area contributed by atoms with Crippen LogP contribution in [0.1, 0.15) is 64.2 Å². The van der Waals surface area contributed by atoms with Crippen molar-refractivity contribution in [2.24, 2.45) is 11.8 Å². The molecule has 2 aliphatic carbocycles. The number of carbonyl (C=O) groups is 2. The van der Waals surface area contributed by atoms with Crippen molar-refractivity contribution in [2.45, 2.75) is 64.2 Å². The van der Waals surface area contributed by atoms with Crippen LogP contribution in [0.3, 0.4) is 0 Å². The highest BCUT2D eigenvalue weighted by Gasteiger charge is 2.32. The van der Waals surface area contributed by atoms with Crippen molar-refractivity contribution in [3.05, 3.63) is 0 Å². The van der Waals surface area contributed by atoms with Gasteiger partial charge in [-0.3, -0.25) is 14.1 Å². The lowest BCUT2D eigenvalue weighted by Crippen LogP contribution is -2.34. The molecule has 2 fully saturated rings. The van der Waals surface area contributed by atoms with E-state index in [-0.39, 0.29) is 23.7 Å². The highest BCUT2D eigenvalue weighted by Crippen LogP contribution is 2.46. The summed E-state index contributed by atoms with van der Waals surface area (Å²) in [5.41, 5.74) is 4.29. The third-order valence-corrected chi connectivity index (χ3v) is 5.77. The van der Waals surface area contributed by atoms with E-state index >= 15 is 0 Å². The summed E-state index contributed by atoms with van der Waals surface area (Å²) in [7, 11) is -2.95. The number of nitrogens with one attached hydrogen (secondary N) is 2. The van der Waals surface area contributed by atoms with Gasteiger partial charge < -0.3 is 0 Å². The quantitative estimate of drug-likeness (QED) is 0.533. The van der Waals surface area contributed by atoms with E-state index in [2.05, 4.69) is 11.0 Å². The Morgan fingerprint density at radius 1 is 0.792 bits per heavy atom. The number of carbonyl (C=O) groups excluding carboxylic acids is 2. The normalized spacial score (nSPS) is 20.5. The molecular weight excluding hydrogens is 335 g/mol. The summed E-state index contributed by atoms with van der Waals surface area (Å²) in [5.74, 6) is -0.981. The van der Waals surface area contributed by atoms with Crippen LogP contribution in [0, 0.1) is 11.8 Å². The van der Waals surface area contributed by atoms with E-state index in [1.54, 1.807) is 0 Å². The molecule has 138 valence electrons. The Labute approximate surface area is 142 Å². The molecule has 2 N–H and O–H groups in total. The van der Waals surface area contributed by atoms with Gasteiger partial charge in [-0.05, 0) is 25.7 Å². The zero-order valence-corrected chi connectivity index (χ0v) is 15.0. The highest BCUT2D eigenvalue weighted by molar-refractivity contribution is 7.48. The molecule has 2 amide bonds. The summed E-state index contributed by atoms with van der Waals surface area (Å²) < 4.78 is 26.6. The maximum atomic E-state index is 12.3. The molecule has 0 unspecified atom stereocenters. The van der Waals surface area contributed by atoms with Gasteiger partial charge in [0.05, 0.1) is 0 Å². The maximum absolute atomic E-state index is 12.3. The number of amides is 2. The van der Waals surface area contributed by atoms with Crippen LogP contribution in [-0.4, -0.2) is 18.9 Å². The summed E-state index contributed by atoms with van der Waals surface area (Å²) in [5, 5.41) is 0. The van der Waals surface area contributed by atoms with E-state index in [9.17, 15) is 14.2 Å². The Balaban J connectivity index is 1.76. The SMILES string of the molecule is COP(=O)(ONC(=O)C1CCCCC1)ONC(=O)C1CCCCC1. The largest absolute Gasteiger partial charge is 0.517 e. The summed E-state index contributed by atoms with van der Waals surface area (Å²) in [4.78, 5) is 24.0. The van der Waals surface area contributed by atoms with Gasteiger partial charge in [0.15, 0.2) is 0 Å². The highest BCUT2D eigenvalue weighted by atomic mass is 31.2. The summed E-state index contributed by atoms with van der Waals surface area (Å²) >= 11 is 0. The van der Waals surface area contributed by atoms with E-state index in [1.807, 2.05) is 0 Å². The minimum Gasteiger partial charge on any atom is -0.288 e. The van der Waals surface area contributed by atoms with Crippen LogP contribution in [-0.2, 0) is 27.9 Å². The molecule has 0 saturated heterocycles. The first-order chi connectivity index (χ1) is 11.5. The molecule has 0 aromatic heterocycles. The molecule has 2 aliphatic rings. The molecule has 0 atom stereocenters. The first-order valence-corrected chi connectivity index (χ1v) is 10.1. The van der Waals surface area contributed by atoms with Crippen LogP contribution in [0.2, 0.25) is 0 Å². The van der Waals surface area contributed by atoms with Gasteiger partial charge in [-0.15, -0.1) is 0 Å². The molecule has 2 rings (SSSR count). The fraction of sp³-hybridized carbons (Fsp3) is 0.867. The van der Waals surface area contributed by atoms with Gasteiger partial charge in [0.1, 0.15) is 0 Å². The fourth-order valence-electron chi connectivity index (χ4n) is 3.19. The van der Waals surface area contributed by atoms with Gasteiger partial charge in [-0.25, -0.2) is 15.5 Å². The van der Waals surface area contributed by atoms with Crippen LogP contribution in [0.15, 0.2) is 0 Å². The lowest BCUT2D eigenvalue weighted by molar-refractivity contribution is -0.137. The van der Waals surface area contributed by atoms with Crippen LogP contribution in [0.5, 0.6) is 0 Å². The molecule has 0 radical (unpaired) electrons. The van der Waals surface area contributed by atoms with E-state index in [4.69, 9.17) is 13.8 Å². The standard InChI is InChI=1S/C15H27N2O6P/c1-21-24(20,22-16-14(18)12-8-4-2-5-9-12)23-17-15(19)13-10-6-3-7-11-13/h12-13H,2-11H2,1H3,(H,16,18)(H,17,19). The van der Waals surface area contributed by atoms with E-state index < -0.39 is 7.82 Å². The van der Waals surface area contributed by atoms with Crippen molar-refractivity contribution in [1.29, 1.82) is 0 Å². The minimum atomic E-state index is -4.07. The van der Waals surface area contributed by atoms with Gasteiger partial charge >= 0.3 is 7.82 Å². The van der Waals surface area contributed by atoms with Gasteiger partial charge in [-0.2, -0.15) is 9.25 Å². The molecule has 8 nitrogen and oxygen atoms in total. The molecule has 9 heteroatoms. The second kappa shape index (κ2) is 9.51. The third-order valence-electron chi connectivity index (χ3n) is 4.69. The molecule has 0 heterocycles. The van der Waals surface area contributed by atoms with Crippen LogP contribution in [0.25, 0.3) is 0 Å². The van der Waals surface area contributed by atoms with Crippen molar-refractivity contribution < 1.29 is 27.9 Å². The van der Waals surface area contributed by atoms with E-state index in [0.717, 1.165) is 71.3 Å². The van der Waals surface area contributed by atoms with Crippen molar-refractivity contribution in [3.8, 4) is 0 Å². The van der Waals surface area contributed by atoms with Crippen molar-refractivity contribution in [3.63, 3.8) is 0 Å². The zero-order chi connectivity index (χ0) is 17.4. The molecule has 0 bridgehead atoms. The molecule has 24 heavy (non-hydrogen) atoms. The Morgan fingerprint density at radius 3 is 1.50 bits per heavy atom. The number of hydrogen-bond donors (Lipinski definition) is 2. The fourth-order valence-corrected chi connectivity index (χ4v) is 3.78. The average Bonchev–Trinajstić information content (AvgIpc) is 2.65. The second-order valence-electron chi connectivity index (χ2n) is 6.41. The number of hydrogen-bond acceptors (Lipinski definition) is 6. The van der Waals surface area contributed by atoms with Crippen LogP contribution in [0.4, 0.5) is 0 Å². The van der Waals surface area contributed by atoms with Gasteiger partial charge in [-0.1, -0.05) is 38.5 Å². The Bertz CT molecular complexity index is 437. The summed E-state index contributed by atoms with van der Waals surface area (Å²) in [6, 6.07) is 0. The van der Waals surface area contributed by atoms with Crippen LogP contribution < -0.4 is 11.0 Å². The molecule has 0 aliphatic heterocycles. The molecule has 0 aromatic carbocycles. The summed E-state index contributed by atoms with van der Waals surface area (Å²) in [6.07, 6.45) is 9.36. The lowest BCUT2D eigenvalue weighted by Gasteiger charge is -2.23. The Morgan fingerprint density at radius 2 is 1.17 bits per heavy atom. The first-order valence-electron chi connectivity index (χ1n) is 8.67. The third kappa shape index (κ3) is 5.84. The Kier molecular flexibility index (Phi) is 7.68. The summed E-state index contributed by atoms with van der Waals surface area (Å²) in [6.45, 7) is 0. The average molecular weight is 362 g/mol. The van der Waals surface area contributed by atoms with Gasteiger partial charge in [0.2, 0.25) is 11.8 Å². The topological polar surface area (TPSA) is 103 Å². The van der Waals surface area contributed by atoms with Gasteiger partial charge in [0.25, 0.3) is 0 Å². The second-order valence-corrected chi connectivity index (χ2v) is 8.04. The molecule has 2 saturated carbocycles. The number of phosphoric acid groups is 1. The minimum absolute atomic E-state index is 0.152. The zero-order valence-electron chi connectivity index (χ0n) is 14.1.